The summed E-state index contributed by atoms with van der Waals surface area (Å²) in [6, 6.07) is 41.3. The van der Waals surface area contributed by atoms with Crippen molar-refractivity contribution >= 4 is 33.3 Å². The molecule has 6 aromatic rings. The second-order valence-corrected chi connectivity index (χ2v) is 8.11. The molecule has 158 valence electrons. The van der Waals surface area contributed by atoms with Crippen LogP contribution in [0.1, 0.15) is 0 Å². The standard InChI is InChI=1S/C30H22N2O/c31-32(24-17-13-22(14-18-24)21-7-2-1-3-8-21)25-19-15-23(16-20-25)26-10-6-11-28-27-9-4-5-12-29(27)33-30(26)28/h1-20H,31H2. The number of nitrogens with zero attached hydrogens (tertiary/aromatic N) is 1. The Morgan fingerprint density at radius 1 is 0.485 bits per heavy atom. The van der Waals surface area contributed by atoms with E-state index in [1.165, 1.54) is 11.1 Å². The number of furan rings is 1. The van der Waals surface area contributed by atoms with Crippen LogP contribution in [0, 0.1) is 0 Å². The molecule has 2 N–H and O–H groups in total. The predicted octanol–water partition coefficient (Wildman–Crippen LogP) is 7.93. The van der Waals surface area contributed by atoms with Crippen molar-refractivity contribution < 1.29 is 4.42 Å². The van der Waals surface area contributed by atoms with Gasteiger partial charge in [0.15, 0.2) is 0 Å². The Kier molecular flexibility index (Phi) is 4.68. The summed E-state index contributed by atoms with van der Waals surface area (Å²) < 4.78 is 6.20. The van der Waals surface area contributed by atoms with Gasteiger partial charge in [0.1, 0.15) is 11.2 Å². The molecule has 0 aliphatic heterocycles. The molecule has 3 nitrogen and oxygen atoms in total. The van der Waals surface area contributed by atoms with E-state index in [1.54, 1.807) is 5.01 Å². The summed E-state index contributed by atoms with van der Waals surface area (Å²) in [6.45, 7) is 0. The van der Waals surface area contributed by atoms with Gasteiger partial charge in [0.05, 0.1) is 11.4 Å². The number of fused-ring (bicyclic) bond motifs is 3. The Balaban J connectivity index is 1.30. The van der Waals surface area contributed by atoms with Crippen LogP contribution < -0.4 is 10.9 Å². The van der Waals surface area contributed by atoms with Gasteiger partial charge >= 0.3 is 0 Å². The first-order valence-corrected chi connectivity index (χ1v) is 11.0. The third-order valence-electron chi connectivity index (χ3n) is 6.11. The fourth-order valence-corrected chi connectivity index (χ4v) is 4.37. The Morgan fingerprint density at radius 2 is 1.06 bits per heavy atom. The minimum Gasteiger partial charge on any atom is -0.455 e. The third kappa shape index (κ3) is 3.45. The van der Waals surface area contributed by atoms with Crippen LogP contribution in [-0.4, -0.2) is 0 Å². The van der Waals surface area contributed by atoms with Crippen LogP contribution in [0.3, 0.4) is 0 Å². The summed E-state index contributed by atoms with van der Waals surface area (Å²) in [7, 11) is 0. The number of anilines is 2. The average Bonchev–Trinajstić information content (AvgIpc) is 3.28. The molecule has 0 unspecified atom stereocenters. The summed E-state index contributed by atoms with van der Waals surface area (Å²) in [4.78, 5) is 0. The van der Waals surface area contributed by atoms with E-state index in [0.717, 1.165) is 44.4 Å². The largest absolute Gasteiger partial charge is 0.455 e. The molecule has 0 fully saturated rings. The van der Waals surface area contributed by atoms with Crippen LogP contribution in [0.15, 0.2) is 126 Å². The number of hydrogen-bond donors (Lipinski definition) is 1. The lowest BCUT2D eigenvalue weighted by Crippen LogP contribution is -2.24. The maximum atomic E-state index is 6.45. The van der Waals surface area contributed by atoms with E-state index in [2.05, 4.69) is 60.7 Å². The Labute approximate surface area is 192 Å². The highest BCUT2D eigenvalue weighted by atomic mass is 16.3. The minimum atomic E-state index is 0.906. The van der Waals surface area contributed by atoms with Crippen molar-refractivity contribution in [1.82, 2.24) is 0 Å². The molecule has 1 aromatic heterocycles. The second kappa shape index (κ2) is 7.97. The molecule has 0 saturated heterocycles. The zero-order valence-electron chi connectivity index (χ0n) is 18.0. The number of nitrogens with two attached hydrogens (primary N) is 1. The van der Waals surface area contributed by atoms with Gasteiger partial charge in [-0.15, -0.1) is 0 Å². The third-order valence-corrected chi connectivity index (χ3v) is 6.11. The van der Waals surface area contributed by atoms with Crippen LogP contribution in [0.5, 0.6) is 0 Å². The number of para-hydroxylation sites is 2. The Bertz CT molecular complexity index is 1550. The van der Waals surface area contributed by atoms with Crippen molar-refractivity contribution in [3.05, 3.63) is 121 Å². The molecule has 0 aliphatic carbocycles. The number of rotatable bonds is 4. The lowest BCUT2D eigenvalue weighted by molar-refractivity contribution is 0.670. The molecule has 0 amide bonds. The van der Waals surface area contributed by atoms with Crippen LogP contribution in [0.25, 0.3) is 44.2 Å². The lowest BCUT2D eigenvalue weighted by atomic mass is 10.0. The summed E-state index contributed by atoms with van der Waals surface area (Å²) in [5, 5.41) is 3.98. The summed E-state index contributed by atoms with van der Waals surface area (Å²) in [5.74, 6) is 6.45. The normalized spacial score (nSPS) is 11.2. The molecule has 0 bridgehead atoms. The molecule has 5 aromatic carbocycles. The maximum Gasteiger partial charge on any atom is 0.143 e. The molecule has 0 saturated carbocycles. The zero-order chi connectivity index (χ0) is 22.2. The van der Waals surface area contributed by atoms with Gasteiger partial charge in [-0.2, -0.15) is 0 Å². The Hall–Kier alpha value is -4.34. The predicted molar refractivity (Wildman–Crippen MR) is 137 cm³/mol. The van der Waals surface area contributed by atoms with Gasteiger partial charge in [-0.3, -0.25) is 5.01 Å². The molecule has 6 rings (SSSR count). The van der Waals surface area contributed by atoms with E-state index < -0.39 is 0 Å². The number of hydrazine groups is 1. The van der Waals surface area contributed by atoms with Crippen LogP contribution in [0.2, 0.25) is 0 Å². The first-order valence-electron chi connectivity index (χ1n) is 11.0. The SMILES string of the molecule is NN(c1ccc(-c2ccccc2)cc1)c1ccc(-c2cccc3c2oc2ccccc23)cc1. The molecule has 1 heterocycles. The van der Waals surface area contributed by atoms with Gasteiger partial charge in [-0.05, 0) is 47.0 Å². The van der Waals surface area contributed by atoms with Crippen LogP contribution in [-0.2, 0) is 0 Å². The second-order valence-electron chi connectivity index (χ2n) is 8.11. The Morgan fingerprint density at radius 3 is 1.79 bits per heavy atom. The van der Waals surface area contributed by atoms with E-state index >= 15 is 0 Å². The molecular weight excluding hydrogens is 404 g/mol. The molecule has 3 heteroatoms. The summed E-state index contributed by atoms with van der Waals surface area (Å²) >= 11 is 0. The van der Waals surface area contributed by atoms with Gasteiger partial charge < -0.3 is 4.42 Å². The van der Waals surface area contributed by atoms with Gasteiger partial charge in [-0.1, -0.05) is 91.0 Å². The van der Waals surface area contributed by atoms with E-state index in [4.69, 9.17) is 10.3 Å². The van der Waals surface area contributed by atoms with Crippen molar-refractivity contribution in [2.45, 2.75) is 0 Å². The van der Waals surface area contributed by atoms with Gasteiger partial charge in [0.2, 0.25) is 0 Å². The van der Waals surface area contributed by atoms with Gasteiger partial charge in [-0.25, -0.2) is 5.84 Å². The first-order chi connectivity index (χ1) is 16.3. The van der Waals surface area contributed by atoms with E-state index in [1.807, 2.05) is 60.7 Å². The van der Waals surface area contributed by atoms with E-state index in [-0.39, 0.29) is 0 Å². The van der Waals surface area contributed by atoms with Crippen LogP contribution >= 0.6 is 0 Å². The zero-order valence-corrected chi connectivity index (χ0v) is 18.0. The molecule has 0 radical (unpaired) electrons. The van der Waals surface area contributed by atoms with E-state index in [0.29, 0.717) is 0 Å². The highest BCUT2D eigenvalue weighted by Gasteiger charge is 2.12. The fraction of sp³-hybridized carbons (Fsp3) is 0. The first kappa shape index (κ1) is 19.4. The van der Waals surface area contributed by atoms with Gasteiger partial charge in [0, 0.05) is 16.3 Å². The van der Waals surface area contributed by atoms with Crippen molar-refractivity contribution in [2.75, 3.05) is 5.01 Å². The number of benzene rings is 5. The van der Waals surface area contributed by atoms with Crippen molar-refractivity contribution in [1.29, 1.82) is 0 Å². The lowest BCUT2D eigenvalue weighted by Gasteiger charge is -2.19. The van der Waals surface area contributed by atoms with E-state index in [9.17, 15) is 0 Å². The van der Waals surface area contributed by atoms with Crippen LogP contribution in [0.4, 0.5) is 11.4 Å². The minimum absolute atomic E-state index is 0.906. The quantitative estimate of drug-likeness (QED) is 0.230. The summed E-state index contributed by atoms with van der Waals surface area (Å²) in [6.07, 6.45) is 0. The van der Waals surface area contributed by atoms with Gasteiger partial charge in [0.25, 0.3) is 0 Å². The van der Waals surface area contributed by atoms with Crippen molar-refractivity contribution in [3.8, 4) is 22.3 Å². The fourth-order valence-electron chi connectivity index (χ4n) is 4.37. The average molecular weight is 427 g/mol. The van der Waals surface area contributed by atoms with Crippen molar-refractivity contribution in [3.63, 3.8) is 0 Å². The molecule has 33 heavy (non-hydrogen) atoms. The maximum absolute atomic E-state index is 6.45. The number of hydrogen-bond acceptors (Lipinski definition) is 3. The molecule has 0 aliphatic rings. The monoisotopic (exact) mass is 426 g/mol. The molecular formula is C30H22N2O. The molecule has 0 spiro atoms. The van der Waals surface area contributed by atoms with Crippen molar-refractivity contribution in [2.24, 2.45) is 5.84 Å². The highest BCUT2D eigenvalue weighted by Crippen LogP contribution is 2.36. The smallest absolute Gasteiger partial charge is 0.143 e. The topological polar surface area (TPSA) is 42.4 Å². The molecule has 0 atom stereocenters. The highest BCUT2D eigenvalue weighted by molar-refractivity contribution is 6.09. The summed E-state index contributed by atoms with van der Waals surface area (Å²) in [5.41, 5.74) is 8.20.